The predicted octanol–water partition coefficient (Wildman–Crippen LogP) is 2.94. The van der Waals surface area contributed by atoms with E-state index >= 15 is 0 Å². The van der Waals surface area contributed by atoms with E-state index in [4.69, 9.17) is 4.74 Å². The molecule has 15 heavy (non-hydrogen) atoms. The van der Waals surface area contributed by atoms with E-state index in [1.54, 1.807) is 11.8 Å². The number of aryl methyl sites for hydroxylation is 1. The Bertz CT molecular complexity index is 347. The van der Waals surface area contributed by atoms with Crippen LogP contribution in [0.25, 0.3) is 0 Å². The van der Waals surface area contributed by atoms with Crippen LogP contribution in [0, 0.1) is 6.92 Å². The molecule has 0 N–H and O–H groups in total. The molecule has 1 aromatic carbocycles. The molecule has 0 saturated carbocycles. The van der Waals surface area contributed by atoms with E-state index in [1.807, 2.05) is 38.3 Å². The van der Waals surface area contributed by atoms with Gasteiger partial charge in [-0.1, -0.05) is 0 Å². The summed E-state index contributed by atoms with van der Waals surface area (Å²) < 4.78 is 5.41. The van der Waals surface area contributed by atoms with E-state index in [0.29, 0.717) is 12.4 Å². The quantitative estimate of drug-likeness (QED) is 0.719. The highest BCUT2D eigenvalue weighted by Gasteiger charge is 2.07. The Morgan fingerprint density at radius 3 is 2.73 bits per heavy atom. The summed E-state index contributed by atoms with van der Waals surface area (Å²) in [7, 11) is 0. The maximum atomic E-state index is 11.6. The zero-order chi connectivity index (χ0) is 11.3. The second-order valence-electron chi connectivity index (χ2n) is 3.27. The number of rotatable bonds is 5. The van der Waals surface area contributed by atoms with Crippen LogP contribution in [0.4, 0.5) is 0 Å². The standard InChI is InChI=1S/C12H16O2S/c1-4-14-12-6-5-10(7-9(12)2)11(13)8-15-3/h5-7H,4,8H2,1-3H3. The second kappa shape index (κ2) is 5.81. The Morgan fingerprint density at radius 1 is 1.47 bits per heavy atom. The molecule has 0 saturated heterocycles. The largest absolute Gasteiger partial charge is 0.494 e. The molecule has 0 spiro atoms. The molecule has 0 aliphatic carbocycles. The van der Waals surface area contributed by atoms with Crippen molar-refractivity contribution < 1.29 is 9.53 Å². The third kappa shape index (κ3) is 3.27. The summed E-state index contributed by atoms with van der Waals surface area (Å²) in [4.78, 5) is 11.6. The zero-order valence-electron chi connectivity index (χ0n) is 9.37. The minimum atomic E-state index is 0.175. The summed E-state index contributed by atoms with van der Waals surface area (Å²) >= 11 is 1.54. The first kappa shape index (κ1) is 12.1. The molecular formula is C12H16O2S. The highest BCUT2D eigenvalue weighted by Crippen LogP contribution is 2.19. The molecule has 1 aromatic rings. The molecule has 0 bridgehead atoms. The summed E-state index contributed by atoms with van der Waals surface area (Å²) in [6, 6.07) is 5.59. The molecular weight excluding hydrogens is 208 g/mol. The average molecular weight is 224 g/mol. The van der Waals surface area contributed by atoms with Gasteiger partial charge in [0.2, 0.25) is 0 Å². The van der Waals surface area contributed by atoms with Crippen LogP contribution in [-0.4, -0.2) is 24.4 Å². The Hall–Kier alpha value is -0.960. The van der Waals surface area contributed by atoms with E-state index in [2.05, 4.69) is 0 Å². The van der Waals surface area contributed by atoms with Gasteiger partial charge in [0, 0.05) is 5.56 Å². The number of ether oxygens (including phenoxy) is 1. The fourth-order valence-corrected chi connectivity index (χ4v) is 1.78. The van der Waals surface area contributed by atoms with Gasteiger partial charge < -0.3 is 4.74 Å². The second-order valence-corrected chi connectivity index (χ2v) is 4.14. The summed E-state index contributed by atoms with van der Waals surface area (Å²) in [5.74, 6) is 1.57. The van der Waals surface area contributed by atoms with Crippen LogP contribution in [0.1, 0.15) is 22.8 Å². The van der Waals surface area contributed by atoms with Crippen LogP contribution in [-0.2, 0) is 0 Å². The van der Waals surface area contributed by atoms with E-state index in [9.17, 15) is 4.79 Å². The molecule has 0 atom stereocenters. The van der Waals surface area contributed by atoms with Crippen molar-refractivity contribution in [1.29, 1.82) is 0 Å². The molecule has 0 fully saturated rings. The monoisotopic (exact) mass is 224 g/mol. The molecule has 0 aliphatic heterocycles. The number of hydrogen-bond acceptors (Lipinski definition) is 3. The van der Waals surface area contributed by atoms with Crippen molar-refractivity contribution >= 4 is 17.5 Å². The van der Waals surface area contributed by atoms with Crippen LogP contribution in [0.2, 0.25) is 0 Å². The third-order valence-electron chi connectivity index (χ3n) is 2.07. The van der Waals surface area contributed by atoms with Crippen molar-refractivity contribution in [2.24, 2.45) is 0 Å². The minimum Gasteiger partial charge on any atom is -0.494 e. The third-order valence-corrected chi connectivity index (χ3v) is 2.62. The van der Waals surface area contributed by atoms with Gasteiger partial charge in [0.05, 0.1) is 12.4 Å². The van der Waals surface area contributed by atoms with Crippen molar-refractivity contribution in [3.63, 3.8) is 0 Å². The number of thioether (sulfide) groups is 1. The van der Waals surface area contributed by atoms with Crippen LogP contribution in [0.15, 0.2) is 18.2 Å². The molecule has 2 nitrogen and oxygen atoms in total. The van der Waals surface area contributed by atoms with Gasteiger partial charge in [-0.2, -0.15) is 11.8 Å². The lowest BCUT2D eigenvalue weighted by Gasteiger charge is -2.08. The first-order chi connectivity index (χ1) is 7.19. The fourth-order valence-electron chi connectivity index (χ4n) is 1.35. The molecule has 0 radical (unpaired) electrons. The van der Waals surface area contributed by atoms with Crippen molar-refractivity contribution in [2.75, 3.05) is 18.6 Å². The van der Waals surface area contributed by atoms with Gasteiger partial charge in [0.1, 0.15) is 5.75 Å². The van der Waals surface area contributed by atoms with Gasteiger partial charge in [-0.3, -0.25) is 4.79 Å². The highest BCUT2D eigenvalue weighted by molar-refractivity contribution is 7.99. The highest BCUT2D eigenvalue weighted by atomic mass is 32.2. The molecule has 0 unspecified atom stereocenters. The van der Waals surface area contributed by atoms with Crippen LogP contribution < -0.4 is 4.74 Å². The number of benzene rings is 1. The normalized spacial score (nSPS) is 10.1. The number of ketones is 1. The lowest BCUT2D eigenvalue weighted by molar-refractivity contribution is 0.102. The maximum Gasteiger partial charge on any atom is 0.172 e. The molecule has 1 rings (SSSR count). The summed E-state index contributed by atoms with van der Waals surface area (Å²) in [5, 5.41) is 0. The topological polar surface area (TPSA) is 26.3 Å². The summed E-state index contributed by atoms with van der Waals surface area (Å²) in [6.07, 6.45) is 1.93. The van der Waals surface area contributed by atoms with Gasteiger partial charge in [-0.25, -0.2) is 0 Å². The zero-order valence-corrected chi connectivity index (χ0v) is 10.2. The van der Waals surface area contributed by atoms with Crippen LogP contribution in [0.5, 0.6) is 5.75 Å². The Labute approximate surface area is 95.0 Å². The smallest absolute Gasteiger partial charge is 0.172 e. The summed E-state index contributed by atoms with van der Waals surface area (Å²) in [5.41, 5.74) is 1.79. The SMILES string of the molecule is CCOc1ccc(C(=O)CSC)cc1C. The van der Waals surface area contributed by atoms with Crippen molar-refractivity contribution in [1.82, 2.24) is 0 Å². The molecule has 0 heterocycles. The molecule has 3 heteroatoms. The lowest BCUT2D eigenvalue weighted by Crippen LogP contribution is -2.03. The number of carbonyl (C=O) groups excluding carboxylic acids is 1. The lowest BCUT2D eigenvalue weighted by atomic mass is 10.1. The van der Waals surface area contributed by atoms with Crippen molar-refractivity contribution in [3.8, 4) is 5.75 Å². The van der Waals surface area contributed by atoms with Gasteiger partial charge in [0.15, 0.2) is 5.78 Å². The van der Waals surface area contributed by atoms with E-state index in [0.717, 1.165) is 16.9 Å². The predicted molar refractivity (Wildman–Crippen MR) is 65.1 cm³/mol. The Kier molecular flexibility index (Phi) is 4.69. The van der Waals surface area contributed by atoms with E-state index in [1.165, 1.54) is 0 Å². The van der Waals surface area contributed by atoms with Crippen molar-refractivity contribution in [3.05, 3.63) is 29.3 Å². The summed E-state index contributed by atoms with van der Waals surface area (Å²) in [6.45, 7) is 4.56. The van der Waals surface area contributed by atoms with Gasteiger partial charge >= 0.3 is 0 Å². The average Bonchev–Trinajstić information content (AvgIpc) is 2.21. The Morgan fingerprint density at radius 2 is 2.20 bits per heavy atom. The first-order valence-corrected chi connectivity index (χ1v) is 6.34. The first-order valence-electron chi connectivity index (χ1n) is 4.94. The number of Topliss-reactive ketones (excluding diaryl/α,β-unsaturated/α-hetero) is 1. The molecule has 0 aliphatic rings. The minimum absolute atomic E-state index is 0.175. The Balaban J connectivity index is 2.86. The molecule has 0 amide bonds. The maximum absolute atomic E-state index is 11.6. The molecule has 82 valence electrons. The van der Waals surface area contributed by atoms with Crippen LogP contribution in [0.3, 0.4) is 0 Å². The number of carbonyl (C=O) groups is 1. The fraction of sp³-hybridized carbons (Fsp3) is 0.417. The van der Waals surface area contributed by atoms with Gasteiger partial charge in [-0.05, 0) is 43.9 Å². The van der Waals surface area contributed by atoms with Gasteiger partial charge in [-0.15, -0.1) is 0 Å². The van der Waals surface area contributed by atoms with Crippen molar-refractivity contribution in [2.45, 2.75) is 13.8 Å². The van der Waals surface area contributed by atoms with E-state index < -0.39 is 0 Å². The van der Waals surface area contributed by atoms with Gasteiger partial charge in [0.25, 0.3) is 0 Å². The van der Waals surface area contributed by atoms with Crippen LogP contribution >= 0.6 is 11.8 Å². The molecule has 0 aromatic heterocycles. The van der Waals surface area contributed by atoms with E-state index in [-0.39, 0.29) is 5.78 Å². The number of hydrogen-bond donors (Lipinski definition) is 0.